The third kappa shape index (κ3) is 3.74. The minimum atomic E-state index is 0.925. The van der Waals surface area contributed by atoms with Gasteiger partial charge >= 0.3 is 0 Å². The molecule has 0 fully saturated rings. The maximum Gasteiger partial charge on any atom is 0.0312 e. The highest BCUT2D eigenvalue weighted by atomic mass is 32.2. The Labute approximate surface area is 77.8 Å². The van der Waals surface area contributed by atoms with Gasteiger partial charge in [0.25, 0.3) is 0 Å². The van der Waals surface area contributed by atoms with Crippen LogP contribution in [0.5, 0.6) is 0 Å². The van der Waals surface area contributed by atoms with Gasteiger partial charge in [0, 0.05) is 31.2 Å². The van der Waals surface area contributed by atoms with Crippen LogP contribution in [0, 0.1) is 0 Å². The van der Waals surface area contributed by atoms with Crippen LogP contribution in [0.15, 0.2) is 24.5 Å². The first-order valence-corrected chi connectivity index (χ1v) is 5.41. The maximum absolute atomic E-state index is 4.04. The molecule has 0 aliphatic heterocycles. The summed E-state index contributed by atoms with van der Waals surface area (Å²) in [6, 6.07) is 4.05. The normalized spacial score (nSPS) is 10.1. The van der Waals surface area contributed by atoms with E-state index in [1.165, 1.54) is 11.3 Å². The Kier molecular flexibility index (Phi) is 4.80. The molecule has 66 valence electrons. The zero-order chi connectivity index (χ0) is 8.65. The third-order valence-electron chi connectivity index (χ3n) is 1.53. The molecule has 0 saturated heterocycles. The molecule has 1 N–H and O–H groups in total. The van der Waals surface area contributed by atoms with Crippen LogP contribution in [0.4, 0.5) is 0 Å². The molecule has 0 atom stereocenters. The molecule has 1 aromatic rings. The van der Waals surface area contributed by atoms with Crippen molar-refractivity contribution in [2.45, 2.75) is 6.54 Å². The second-order valence-electron chi connectivity index (χ2n) is 2.53. The van der Waals surface area contributed by atoms with Crippen LogP contribution >= 0.6 is 11.8 Å². The Morgan fingerprint density at radius 2 is 2.50 bits per heavy atom. The average molecular weight is 182 g/mol. The standard InChI is InChI=1S/C9H14N2S/c1-12-6-5-11-8-9-3-2-4-10-7-9/h2-4,7,11H,5-6,8H2,1H3. The molecular formula is C9H14N2S. The number of rotatable bonds is 5. The molecule has 0 aromatic carbocycles. The highest BCUT2D eigenvalue weighted by Crippen LogP contribution is 1.94. The summed E-state index contributed by atoms with van der Waals surface area (Å²) in [7, 11) is 0. The molecule has 1 aromatic heterocycles. The summed E-state index contributed by atoms with van der Waals surface area (Å²) in [6.45, 7) is 1.99. The van der Waals surface area contributed by atoms with E-state index in [0.717, 1.165) is 13.1 Å². The average Bonchev–Trinajstić information content (AvgIpc) is 2.14. The second kappa shape index (κ2) is 6.03. The monoisotopic (exact) mass is 182 g/mol. The number of hydrogen-bond acceptors (Lipinski definition) is 3. The molecule has 1 rings (SSSR count). The van der Waals surface area contributed by atoms with Crippen molar-refractivity contribution in [3.05, 3.63) is 30.1 Å². The summed E-state index contributed by atoms with van der Waals surface area (Å²) >= 11 is 1.86. The van der Waals surface area contributed by atoms with Crippen LogP contribution in [-0.4, -0.2) is 23.5 Å². The van der Waals surface area contributed by atoms with Crippen LogP contribution in [0.2, 0.25) is 0 Å². The minimum Gasteiger partial charge on any atom is -0.312 e. The lowest BCUT2D eigenvalue weighted by atomic mass is 10.3. The van der Waals surface area contributed by atoms with Gasteiger partial charge in [0.1, 0.15) is 0 Å². The largest absolute Gasteiger partial charge is 0.312 e. The van der Waals surface area contributed by atoms with Gasteiger partial charge in [-0.15, -0.1) is 0 Å². The van der Waals surface area contributed by atoms with Crippen molar-refractivity contribution in [3.63, 3.8) is 0 Å². The van der Waals surface area contributed by atoms with E-state index in [9.17, 15) is 0 Å². The Bertz CT molecular complexity index is 201. The lowest BCUT2D eigenvalue weighted by molar-refractivity contribution is 0.730. The molecule has 0 saturated carbocycles. The summed E-state index contributed by atoms with van der Waals surface area (Å²) in [6.07, 6.45) is 5.81. The van der Waals surface area contributed by atoms with Crippen molar-refractivity contribution in [2.75, 3.05) is 18.6 Å². The Morgan fingerprint density at radius 1 is 1.58 bits per heavy atom. The molecule has 3 heteroatoms. The van der Waals surface area contributed by atoms with E-state index >= 15 is 0 Å². The van der Waals surface area contributed by atoms with Crippen molar-refractivity contribution in [2.24, 2.45) is 0 Å². The molecular weight excluding hydrogens is 168 g/mol. The Hall–Kier alpha value is -0.540. The van der Waals surface area contributed by atoms with E-state index in [1.807, 2.05) is 24.0 Å². The van der Waals surface area contributed by atoms with Crippen LogP contribution in [0.1, 0.15) is 5.56 Å². The molecule has 0 radical (unpaired) electrons. The van der Waals surface area contributed by atoms with Crippen LogP contribution in [0.25, 0.3) is 0 Å². The number of aromatic nitrogens is 1. The molecule has 0 spiro atoms. The lowest BCUT2D eigenvalue weighted by Gasteiger charge is -2.02. The van der Waals surface area contributed by atoms with Crippen molar-refractivity contribution >= 4 is 11.8 Å². The van der Waals surface area contributed by atoms with E-state index in [0.29, 0.717) is 0 Å². The molecule has 0 amide bonds. The molecule has 0 aliphatic carbocycles. The van der Waals surface area contributed by atoms with Gasteiger partial charge in [0.05, 0.1) is 0 Å². The first-order valence-electron chi connectivity index (χ1n) is 4.02. The van der Waals surface area contributed by atoms with Gasteiger partial charge in [-0.25, -0.2) is 0 Å². The summed E-state index contributed by atoms with van der Waals surface area (Å²) in [5.74, 6) is 1.17. The summed E-state index contributed by atoms with van der Waals surface area (Å²) < 4.78 is 0. The lowest BCUT2D eigenvalue weighted by Crippen LogP contribution is -2.16. The van der Waals surface area contributed by atoms with Crippen LogP contribution < -0.4 is 5.32 Å². The highest BCUT2D eigenvalue weighted by molar-refractivity contribution is 7.98. The van der Waals surface area contributed by atoms with Gasteiger partial charge in [-0.3, -0.25) is 4.98 Å². The molecule has 1 heterocycles. The highest BCUT2D eigenvalue weighted by Gasteiger charge is 1.89. The number of nitrogens with zero attached hydrogens (tertiary/aromatic N) is 1. The molecule has 12 heavy (non-hydrogen) atoms. The van der Waals surface area contributed by atoms with Gasteiger partial charge in [-0.05, 0) is 17.9 Å². The molecule has 0 aliphatic rings. The minimum absolute atomic E-state index is 0.925. The zero-order valence-corrected chi connectivity index (χ0v) is 8.10. The Morgan fingerprint density at radius 3 is 3.17 bits per heavy atom. The van der Waals surface area contributed by atoms with E-state index in [-0.39, 0.29) is 0 Å². The summed E-state index contributed by atoms with van der Waals surface area (Å²) in [4.78, 5) is 4.04. The quantitative estimate of drug-likeness (QED) is 0.699. The molecule has 0 unspecified atom stereocenters. The first kappa shape index (κ1) is 9.55. The first-order chi connectivity index (χ1) is 5.93. The SMILES string of the molecule is CSCCNCc1cccnc1. The van der Waals surface area contributed by atoms with Crippen molar-refractivity contribution in [1.29, 1.82) is 0 Å². The number of thioether (sulfide) groups is 1. The predicted molar refractivity (Wildman–Crippen MR) is 54.3 cm³/mol. The fraction of sp³-hybridized carbons (Fsp3) is 0.444. The topological polar surface area (TPSA) is 24.9 Å². The van der Waals surface area contributed by atoms with E-state index in [4.69, 9.17) is 0 Å². The number of nitrogens with one attached hydrogen (secondary N) is 1. The summed E-state index contributed by atoms with van der Waals surface area (Å²) in [5, 5.41) is 3.34. The third-order valence-corrected chi connectivity index (χ3v) is 2.15. The predicted octanol–water partition coefficient (Wildman–Crippen LogP) is 1.53. The number of hydrogen-bond donors (Lipinski definition) is 1. The van der Waals surface area contributed by atoms with Crippen molar-refractivity contribution in [3.8, 4) is 0 Å². The Balaban J connectivity index is 2.16. The van der Waals surface area contributed by atoms with E-state index in [2.05, 4.69) is 22.6 Å². The van der Waals surface area contributed by atoms with E-state index in [1.54, 1.807) is 6.20 Å². The zero-order valence-electron chi connectivity index (χ0n) is 7.29. The van der Waals surface area contributed by atoms with Crippen molar-refractivity contribution in [1.82, 2.24) is 10.3 Å². The number of pyridine rings is 1. The van der Waals surface area contributed by atoms with Gasteiger partial charge in [0.2, 0.25) is 0 Å². The van der Waals surface area contributed by atoms with Gasteiger partial charge in [-0.2, -0.15) is 11.8 Å². The smallest absolute Gasteiger partial charge is 0.0312 e. The van der Waals surface area contributed by atoms with Gasteiger partial charge < -0.3 is 5.32 Å². The molecule has 2 nitrogen and oxygen atoms in total. The molecule has 0 bridgehead atoms. The van der Waals surface area contributed by atoms with Crippen molar-refractivity contribution < 1.29 is 0 Å². The second-order valence-corrected chi connectivity index (χ2v) is 3.52. The summed E-state index contributed by atoms with van der Waals surface area (Å²) in [5.41, 5.74) is 1.25. The van der Waals surface area contributed by atoms with Gasteiger partial charge in [0.15, 0.2) is 0 Å². The fourth-order valence-electron chi connectivity index (χ4n) is 0.910. The fourth-order valence-corrected chi connectivity index (χ4v) is 1.26. The van der Waals surface area contributed by atoms with Crippen LogP contribution in [-0.2, 0) is 6.54 Å². The van der Waals surface area contributed by atoms with E-state index < -0.39 is 0 Å². The van der Waals surface area contributed by atoms with Crippen LogP contribution in [0.3, 0.4) is 0 Å². The van der Waals surface area contributed by atoms with Gasteiger partial charge in [-0.1, -0.05) is 6.07 Å². The maximum atomic E-state index is 4.04.